The van der Waals surface area contributed by atoms with Crippen molar-refractivity contribution in [2.45, 2.75) is 18.0 Å². The summed E-state index contributed by atoms with van der Waals surface area (Å²) < 4.78 is 4.85. The van der Waals surface area contributed by atoms with Crippen molar-refractivity contribution in [2.24, 2.45) is 0 Å². The van der Waals surface area contributed by atoms with E-state index in [9.17, 15) is 14.7 Å². The van der Waals surface area contributed by atoms with Crippen LogP contribution in [-0.4, -0.2) is 60.8 Å². The fourth-order valence-electron chi connectivity index (χ4n) is 3.72. The third kappa shape index (κ3) is 4.02. The van der Waals surface area contributed by atoms with E-state index in [0.717, 1.165) is 5.56 Å². The van der Waals surface area contributed by atoms with Gasteiger partial charge in [0.15, 0.2) is 0 Å². The van der Waals surface area contributed by atoms with Gasteiger partial charge in [-0.1, -0.05) is 48.5 Å². The topological polar surface area (TPSA) is 78.9 Å². The molecule has 0 radical (unpaired) electrons. The van der Waals surface area contributed by atoms with Crippen LogP contribution in [-0.2, 0) is 9.53 Å². The molecular formula is C21H24N2O4. The number of nitrogens with one attached hydrogen (secondary N) is 1. The van der Waals surface area contributed by atoms with Gasteiger partial charge < -0.3 is 20.1 Å². The molecular weight excluding hydrogens is 344 g/mol. The Balaban J connectivity index is 1.85. The number of ether oxygens (including phenoxy) is 1. The molecule has 1 saturated heterocycles. The molecule has 2 aromatic rings. The molecule has 1 aliphatic rings. The molecule has 1 heterocycles. The Labute approximate surface area is 158 Å². The van der Waals surface area contributed by atoms with Gasteiger partial charge in [0.05, 0.1) is 18.7 Å². The number of carbonyl (C=O) groups excluding carboxylic acids is 2. The highest BCUT2D eigenvalue weighted by Crippen LogP contribution is 2.41. The monoisotopic (exact) mass is 368 g/mol. The van der Waals surface area contributed by atoms with Crippen LogP contribution in [0.2, 0.25) is 0 Å². The molecule has 2 N–H and O–H groups in total. The summed E-state index contributed by atoms with van der Waals surface area (Å²) in [5, 5.41) is 12.8. The van der Waals surface area contributed by atoms with Gasteiger partial charge in [0, 0.05) is 25.1 Å². The number of nitrogens with zero attached hydrogens (tertiary/aromatic N) is 1. The summed E-state index contributed by atoms with van der Waals surface area (Å²) >= 11 is 0. The fourth-order valence-corrected chi connectivity index (χ4v) is 3.72. The summed E-state index contributed by atoms with van der Waals surface area (Å²) in [6.07, 6.45) is 0. The van der Waals surface area contributed by atoms with E-state index < -0.39 is 0 Å². The van der Waals surface area contributed by atoms with Crippen molar-refractivity contribution in [2.75, 3.05) is 26.9 Å². The van der Waals surface area contributed by atoms with E-state index in [4.69, 9.17) is 4.74 Å². The average molecular weight is 368 g/mol. The summed E-state index contributed by atoms with van der Waals surface area (Å²) in [6.45, 7) is 0.135. The van der Waals surface area contributed by atoms with Gasteiger partial charge in [-0.05, 0) is 17.7 Å². The molecule has 0 unspecified atom stereocenters. The first-order chi connectivity index (χ1) is 13.2. The summed E-state index contributed by atoms with van der Waals surface area (Å²) in [5.74, 6) is -0.427. The second kappa shape index (κ2) is 8.79. The average Bonchev–Trinajstić information content (AvgIpc) is 2.69. The van der Waals surface area contributed by atoms with Crippen molar-refractivity contribution in [1.29, 1.82) is 0 Å². The number of hydrogen-bond acceptors (Lipinski definition) is 4. The van der Waals surface area contributed by atoms with E-state index in [2.05, 4.69) is 5.32 Å². The van der Waals surface area contributed by atoms with Gasteiger partial charge in [-0.2, -0.15) is 0 Å². The van der Waals surface area contributed by atoms with Crippen LogP contribution in [0.5, 0.6) is 0 Å². The smallest absolute Gasteiger partial charge is 0.254 e. The van der Waals surface area contributed by atoms with E-state index in [1.165, 1.54) is 7.11 Å². The Morgan fingerprint density at radius 1 is 1.04 bits per heavy atom. The minimum absolute atomic E-state index is 0.0290. The molecule has 0 bridgehead atoms. The van der Waals surface area contributed by atoms with Crippen molar-refractivity contribution >= 4 is 11.8 Å². The number of likely N-dealkylation sites (tertiary alicyclic amines) is 1. The van der Waals surface area contributed by atoms with Crippen LogP contribution in [0.3, 0.4) is 0 Å². The zero-order chi connectivity index (χ0) is 19.2. The molecule has 6 heteroatoms. The largest absolute Gasteiger partial charge is 0.394 e. The first-order valence-electron chi connectivity index (χ1n) is 8.96. The van der Waals surface area contributed by atoms with Crippen molar-refractivity contribution < 1.29 is 19.4 Å². The van der Waals surface area contributed by atoms with Crippen molar-refractivity contribution in [3.05, 3.63) is 71.8 Å². The number of aliphatic hydroxyl groups is 1. The Morgan fingerprint density at radius 3 is 2.26 bits per heavy atom. The Kier molecular flexibility index (Phi) is 6.21. The molecule has 27 heavy (non-hydrogen) atoms. The molecule has 0 aromatic heterocycles. The fraction of sp³-hybridized carbons (Fsp3) is 0.333. The molecule has 3 atom stereocenters. The first-order valence-corrected chi connectivity index (χ1v) is 8.96. The summed E-state index contributed by atoms with van der Waals surface area (Å²) in [4.78, 5) is 26.6. The molecule has 1 fully saturated rings. The second-order valence-corrected chi connectivity index (χ2v) is 6.57. The molecule has 0 aliphatic carbocycles. The highest BCUT2D eigenvalue weighted by molar-refractivity contribution is 5.95. The van der Waals surface area contributed by atoms with Crippen LogP contribution in [0, 0.1) is 0 Å². The first kappa shape index (κ1) is 19.1. The third-order valence-corrected chi connectivity index (χ3v) is 4.95. The van der Waals surface area contributed by atoms with Crippen LogP contribution in [0.4, 0.5) is 0 Å². The molecule has 2 amide bonds. The summed E-state index contributed by atoms with van der Waals surface area (Å²) in [7, 11) is 1.46. The van der Waals surface area contributed by atoms with E-state index in [1.807, 2.05) is 48.5 Å². The molecule has 0 spiro atoms. The number of rotatable bonds is 7. The molecule has 0 saturated carbocycles. The molecule has 3 rings (SSSR count). The molecule has 6 nitrogen and oxygen atoms in total. The van der Waals surface area contributed by atoms with E-state index in [1.54, 1.807) is 17.0 Å². The number of carbonyl (C=O) groups is 2. The molecule has 142 valence electrons. The van der Waals surface area contributed by atoms with E-state index in [-0.39, 0.29) is 43.0 Å². The number of aliphatic hydroxyl groups excluding tert-OH is 1. The van der Waals surface area contributed by atoms with Gasteiger partial charge in [-0.15, -0.1) is 0 Å². The minimum atomic E-state index is -0.329. The summed E-state index contributed by atoms with van der Waals surface area (Å²) in [6, 6.07) is 18.2. The SMILES string of the molecule is COCC(=O)NC[C@H]1[C@@H](c2ccccc2)[C@@H](CO)N1C(=O)c1ccccc1. The maximum Gasteiger partial charge on any atom is 0.254 e. The normalized spacial score (nSPS) is 21.4. The van der Waals surface area contributed by atoms with Crippen LogP contribution in [0.25, 0.3) is 0 Å². The number of amides is 2. The van der Waals surface area contributed by atoms with Crippen LogP contribution in [0.15, 0.2) is 60.7 Å². The summed E-state index contributed by atoms with van der Waals surface area (Å²) in [5.41, 5.74) is 1.61. The van der Waals surface area contributed by atoms with E-state index in [0.29, 0.717) is 12.1 Å². The lowest BCUT2D eigenvalue weighted by Crippen LogP contribution is -2.68. The predicted molar refractivity (Wildman–Crippen MR) is 101 cm³/mol. The lowest BCUT2D eigenvalue weighted by Gasteiger charge is -2.55. The van der Waals surface area contributed by atoms with Crippen molar-refractivity contribution in [3.8, 4) is 0 Å². The number of benzene rings is 2. The van der Waals surface area contributed by atoms with Crippen LogP contribution in [0.1, 0.15) is 21.8 Å². The lowest BCUT2D eigenvalue weighted by atomic mass is 9.74. The van der Waals surface area contributed by atoms with Gasteiger partial charge in [0.1, 0.15) is 6.61 Å². The van der Waals surface area contributed by atoms with E-state index >= 15 is 0 Å². The van der Waals surface area contributed by atoms with Gasteiger partial charge >= 0.3 is 0 Å². The third-order valence-electron chi connectivity index (χ3n) is 4.95. The van der Waals surface area contributed by atoms with Crippen molar-refractivity contribution in [3.63, 3.8) is 0 Å². The van der Waals surface area contributed by atoms with Gasteiger partial charge in [0.2, 0.25) is 5.91 Å². The highest BCUT2D eigenvalue weighted by atomic mass is 16.5. The Hall–Kier alpha value is -2.70. The Bertz CT molecular complexity index is 766. The zero-order valence-corrected chi connectivity index (χ0v) is 15.2. The second-order valence-electron chi connectivity index (χ2n) is 6.57. The zero-order valence-electron chi connectivity index (χ0n) is 15.2. The Morgan fingerprint density at radius 2 is 1.67 bits per heavy atom. The molecule has 1 aliphatic heterocycles. The lowest BCUT2D eigenvalue weighted by molar-refractivity contribution is -0.125. The van der Waals surface area contributed by atoms with Crippen molar-refractivity contribution in [1.82, 2.24) is 10.2 Å². The van der Waals surface area contributed by atoms with Gasteiger partial charge in [-0.25, -0.2) is 0 Å². The standard InChI is InChI=1S/C21H24N2O4/c1-27-14-19(25)22-12-17-20(15-8-4-2-5-9-15)18(13-24)23(17)21(26)16-10-6-3-7-11-16/h2-11,17-18,20,24H,12-14H2,1H3,(H,22,25)/t17-,18+,20+/m0/s1. The van der Waals surface area contributed by atoms with Crippen LogP contribution < -0.4 is 5.32 Å². The molecule has 2 aromatic carbocycles. The van der Waals surface area contributed by atoms with Gasteiger partial charge in [-0.3, -0.25) is 9.59 Å². The number of hydrogen-bond donors (Lipinski definition) is 2. The maximum atomic E-state index is 13.0. The van der Waals surface area contributed by atoms with Crippen LogP contribution >= 0.6 is 0 Å². The van der Waals surface area contributed by atoms with Gasteiger partial charge in [0.25, 0.3) is 5.91 Å². The quantitative estimate of drug-likeness (QED) is 0.775. The minimum Gasteiger partial charge on any atom is -0.394 e. The maximum absolute atomic E-state index is 13.0. The highest BCUT2D eigenvalue weighted by Gasteiger charge is 2.51. The number of methoxy groups -OCH3 is 1. The predicted octanol–water partition coefficient (Wildman–Crippen LogP) is 1.42.